The number of likely N-dealkylation sites (N-methyl/N-ethyl adjacent to an activating group) is 1. The van der Waals surface area contributed by atoms with E-state index >= 15 is 0 Å². The Morgan fingerprint density at radius 3 is 2.52 bits per heavy atom. The lowest BCUT2D eigenvalue weighted by Gasteiger charge is -2.17. The summed E-state index contributed by atoms with van der Waals surface area (Å²) in [4.78, 5) is 38.0. The van der Waals surface area contributed by atoms with Crippen molar-refractivity contribution in [1.29, 1.82) is 0 Å². The molecule has 1 N–H and O–H groups in total. The van der Waals surface area contributed by atoms with E-state index in [-0.39, 0.29) is 37.0 Å². The number of para-hydroxylation sites is 1. The molecular weight excluding hydrogens is 428 g/mol. The molecule has 132 valence electrons. The number of nitrogens with one attached hydrogen (secondary N) is 1. The lowest BCUT2D eigenvalue weighted by Crippen LogP contribution is -2.35. The number of Topliss-reactive ketones (excluding diaryl/α,β-unsaturated/α-hetero) is 1. The summed E-state index contributed by atoms with van der Waals surface area (Å²) in [5, 5.41) is 2.73. The Morgan fingerprint density at radius 2 is 1.88 bits per heavy atom. The molecule has 0 spiro atoms. The molecule has 0 bridgehead atoms. The Balaban J connectivity index is 1.80. The average Bonchev–Trinajstić information content (AvgIpc) is 3.01. The zero-order valence-electron chi connectivity index (χ0n) is 13.4. The molecule has 0 unspecified atom stereocenters. The standard InChI is InChI=1S/C17H16BrClN2O3S/c1-21(10-16(23)20-12-5-3-2-4-11(12)18)17(24)9-6-13(22)14-7-8-15(19)25-14/h2-5,7-8H,6,9-10H2,1H3,(H,20,23). The molecule has 2 aromatic rings. The molecule has 8 heteroatoms. The first-order valence-corrected chi connectivity index (χ1v) is 9.42. The Kier molecular flexibility index (Phi) is 7.16. The van der Waals surface area contributed by atoms with Gasteiger partial charge in [0.05, 0.1) is 21.4 Å². The van der Waals surface area contributed by atoms with E-state index in [9.17, 15) is 14.4 Å². The highest BCUT2D eigenvalue weighted by Gasteiger charge is 2.16. The number of halogens is 2. The molecule has 1 heterocycles. The van der Waals surface area contributed by atoms with Gasteiger partial charge in [-0.25, -0.2) is 0 Å². The number of anilines is 1. The van der Waals surface area contributed by atoms with Crippen molar-refractivity contribution < 1.29 is 14.4 Å². The van der Waals surface area contributed by atoms with Crippen LogP contribution in [0.2, 0.25) is 4.34 Å². The minimum absolute atomic E-state index is 0.0488. The van der Waals surface area contributed by atoms with Crippen LogP contribution in [-0.2, 0) is 9.59 Å². The van der Waals surface area contributed by atoms with Gasteiger partial charge < -0.3 is 10.2 Å². The first kappa shape index (κ1) is 19.6. The second-order valence-electron chi connectivity index (χ2n) is 5.30. The summed E-state index contributed by atoms with van der Waals surface area (Å²) in [5.41, 5.74) is 0.637. The summed E-state index contributed by atoms with van der Waals surface area (Å²) in [7, 11) is 1.54. The normalized spacial score (nSPS) is 10.4. The maximum absolute atomic E-state index is 12.1. The quantitative estimate of drug-likeness (QED) is 0.651. The number of benzene rings is 1. The highest BCUT2D eigenvalue weighted by molar-refractivity contribution is 9.10. The van der Waals surface area contributed by atoms with E-state index in [1.165, 1.54) is 23.3 Å². The number of rotatable bonds is 7. The third kappa shape index (κ3) is 5.95. The van der Waals surface area contributed by atoms with Crippen molar-refractivity contribution in [2.45, 2.75) is 12.8 Å². The minimum atomic E-state index is -0.306. The van der Waals surface area contributed by atoms with Crippen LogP contribution >= 0.6 is 38.9 Å². The van der Waals surface area contributed by atoms with Crippen LogP contribution in [0, 0.1) is 0 Å². The summed E-state index contributed by atoms with van der Waals surface area (Å²) >= 11 is 10.3. The number of carbonyl (C=O) groups is 3. The predicted molar refractivity (Wildman–Crippen MR) is 103 cm³/mol. The monoisotopic (exact) mass is 442 g/mol. The number of hydrogen-bond donors (Lipinski definition) is 1. The van der Waals surface area contributed by atoms with Gasteiger partial charge in [0.1, 0.15) is 0 Å². The predicted octanol–water partition coefficient (Wildman–Crippen LogP) is 4.22. The van der Waals surface area contributed by atoms with E-state index in [4.69, 9.17) is 11.6 Å². The summed E-state index contributed by atoms with van der Waals surface area (Å²) < 4.78 is 1.30. The topological polar surface area (TPSA) is 66.5 Å². The van der Waals surface area contributed by atoms with Crippen LogP contribution in [0.25, 0.3) is 0 Å². The number of carbonyl (C=O) groups excluding carboxylic acids is 3. The van der Waals surface area contributed by atoms with Gasteiger partial charge in [-0.2, -0.15) is 0 Å². The van der Waals surface area contributed by atoms with Crippen LogP contribution < -0.4 is 5.32 Å². The molecule has 0 aliphatic rings. The van der Waals surface area contributed by atoms with E-state index in [2.05, 4.69) is 21.2 Å². The molecule has 2 amide bonds. The SMILES string of the molecule is CN(CC(=O)Nc1ccccc1Br)C(=O)CCC(=O)c1ccc(Cl)s1. The Morgan fingerprint density at radius 1 is 1.16 bits per heavy atom. The lowest BCUT2D eigenvalue weighted by molar-refractivity contribution is -0.133. The molecule has 0 saturated carbocycles. The Labute approximate surface area is 163 Å². The number of hydrogen-bond acceptors (Lipinski definition) is 4. The van der Waals surface area contributed by atoms with Crippen molar-refractivity contribution in [3.8, 4) is 0 Å². The Bertz CT molecular complexity index is 794. The summed E-state index contributed by atoms with van der Waals surface area (Å²) in [6.45, 7) is -0.0841. The first-order valence-electron chi connectivity index (χ1n) is 7.43. The van der Waals surface area contributed by atoms with Crippen LogP contribution in [-0.4, -0.2) is 36.1 Å². The number of thiophene rings is 1. The van der Waals surface area contributed by atoms with Gasteiger partial charge >= 0.3 is 0 Å². The molecular formula is C17H16BrClN2O3S. The second kappa shape index (κ2) is 9.12. The van der Waals surface area contributed by atoms with Gasteiger partial charge in [-0.3, -0.25) is 14.4 Å². The largest absolute Gasteiger partial charge is 0.336 e. The van der Waals surface area contributed by atoms with Gasteiger partial charge in [0.2, 0.25) is 11.8 Å². The van der Waals surface area contributed by atoms with E-state index in [0.29, 0.717) is 14.9 Å². The van der Waals surface area contributed by atoms with E-state index in [1.807, 2.05) is 12.1 Å². The zero-order chi connectivity index (χ0) is 18.4. The van der Waals surface area contributed by atoms with Gasteiger partial charge in [0.25, 0.3) is 0 Å². The van der Waals surface area contributed by atoms with Crippen molar-refractivity contribution in [3.05, 3.63) is 50.1 Å². The summed E-state index contributed by atoms with van der Waals surface area (Å²) in [6, 6.07) is 10.5. The fourth-order valence-corrected chi connectivity index (χ4v) is 3.45. The number of nitrogens with zero attached hydrogens (tertiary/aromatic N) is 1. The summed E-state index contributed by atoms with van der Waals surface area (Å²) in [6.07, 6.45) is 0.138. The van der Waals surface area contributed by atoms with E-state index in [1.54, 1.807) is 24.3 Å². The molecule has 0 fully saturated rings. The van der Waals surface area contributed by atoms with Gasteiger partial charge in [-0.05, 0) is 40.2 Å². The smallest absolute Gasteiger partial charge is 0.244 e. The molecule has 0 radical (unpaired) electrons. The number of amides is 2. The lowest BCUT2D eigenvalue weighted by atomic mass is 10.2. The van der Waals surface area contributed by atoms with Crippen molar-refractivity contribution in [2.75, 3.05) is 18.9 Å². The van der Waals surface area contributed by atoms with Gasteiger partial charge in [0.15, 0.2) is 5.78 Å². The van der Waals surface area contributed by atoms with E-state index in [0.717, 1.165) is 4.47 Å². The third-order valence-corrected chi connectivity index (χ3v) is 5.33. The highest BCUT2D eigenvalue weighted by atomic mass is 79.9. The van der Waals surface area contributed by atoms with Crippen LogP contribution in [0.15, 0.2) is 40.9 Å². The maximum atomic E-state index is 12.1. The van der Waals surface area contributed by atoms with Gasteiger partial charge in [-0.15, -0.1) is 11.3 Å². The van der Waals surface area contributed by atoms with Crippen molar-refractivity contribution in [1.82, 2.24) is 4.90 Å². The second-order valence-corrected chi connectivity index (χ2v) is 7.87. The fraction of sp³-hybridized carbons (Fsp3) is 0.235. The molecule has 0 atom stereocenters. The molecule has 0 aliphatic heterocycles. The van der Waals surface area contributed by atoms with Gasteiger partial charge in [-0.1, -0.05) is 23.7 Å². The van der Waals surface area contributed by atoms with E-state index < -0.39 is 0 Å². The van der Waals surface area contributed by atoms with Crippen LogP contribution in [0.5, 0.6) is 0 Å². The maximum Gasteiger partial charge on any atom is 0.244 e. The minimum Gasteiger partial charge on any atom is -0.336 e. The molecule has 25 heavy (non-hydrogen) atoms. The molecule has 5 nitrogen and oxygen atoms in total. The molecule has 0 saturated heterocycles. The van der Waals surface area contributed by atoms with Crippen LogP contribution in [0.1, 0.15) is 22.5 Å². The third-order valence-electron chi connectivity index (χ3n) is 3.37. The van der Waals surface area contributed by atoms with Gasteiger partial charge in [0, 0.05) is 24.4 Å². The molecule has 1 aromatic carbocycles. The van der Waals surface area contributed by atoms with Crippen molar-refractivity contribution >= 4 is 62.2 Å². The molecule has 1 aromatic heterocycles. The fourth-order valence-electron chi connectivity index (χ4n) is 2.05. The highest BCUT2D eigenvalue weighted by Crippen LogP contribution is 2.23. The Hall–Kier alpha value is -1.70. The summed E-state index contributed by atoms with van der Waals surface area (Å²) in [5.74, 6) is -0.700. The molecule has 0 aliphatic carbocycles. The number of ketones is 1. The van der Waals surface area contributed by atoms with Crippen LogP contribution in [0.3, 0.4) is 0 Å². The van der Waals surface area contributed by atoms with Crippen molar-refractivity contribution in [2.24, 2.45) is 0 Å². The first-order chi connectivity index (χ1) is 11.9. The van der Waals surface area contributed by atoms with Crippen LogP contribution in [0.4, 0.5) is 5.69 Å². The van der Waals surface area contributed by atoms with Crippen molar-refractivity contribution in [3.63, 3.8) is 0 Å². The molecule has 2 rings (SSSR count). The zero-order valence-corrected chi connectivity index (χ0v) is 16.6. The average molecular weight is 444 g/mol.